The minimum absolute atomic E-state index is 0.00967. The summed E-state index contributed by atoms with van der Waals surface area (Å²) in [4.78, 5) is 13.5. The topological polar surface area (TPSA) is 99.8 Å². The lowest BCUT2D eigenvalue weighted by molar-refractivity contribution is -0.148. The van der Waals surface area contributed by atoms with Gasteiger partial charge in [0, 0.05) is 33.7 Å². The fraction of sp³-hybridized carbons (Fsp3) is 0.167. The van der Waals surface area contributed by atoms with Crippen LogP contribution >= 0.6 is 11.8 Å². The van der Waals surface area contributed by atoms with E-state index in [4.69, 9.17) is 14.7 Å². The van der Waals surface area contributed by atoms with E-state index in [-0.39, 0.29) is 11.5 Å². The molecule has 158 valence electrons. The molecule has 2 aliphatic rings. The molecule has 0 fully saturated rings. The molecule has 2 N–H and O–H groups in total. The van der Waals surface area contributed by atoms with E-state index >= 15 is 0 Å². The molecule has 2 aromatic rings. The summed E-state index contributed by atoms with van der Waals surface area (Å²) < 4.78 is 11.9. The molecule has 0 aliphatic carbocycles. The number of thioether (sulfide) groups is 1. The van der Waals surface area contributed by atoms with Gasteiger partial charge in [-0.2, -0.15) is 5.26 Å². The lowest BCUT2D eigenvalue weighted by Gasteiger charge is -2.37. The van der Waals surface area contributed by atoms with Crippen LogP contribution in [0.3, 0.4) is 0 Å². The van der Waals surface area contributed by atoms with Crippen molar-refractivity contribution in [3.05, 3.63) is 82.3 Å². The van der Waals surface area contributed by atoms with Crippen LogP contribution in [0, 0.1) is 10.7 Å². The van der Waals surface area contributed by atoms with Crippen molar-refractivity contribution in [2.75, 3.05) is 0 Å². The summed E-state index contributed by atoms with van der Waals surface area (Å²) in [5.41, 5.74) is 0.0281. The van der Waals surface area contributed by atoms with Gasteiger partial charge < -0.3 is 19.7 Å². The quantitative estimate of drug-likeness (QED) is 0.442. The second-order valence-corrected chi connectivity index (χ2v) is 7.40. The molecule has 0 bridgehead atoms. The van der Waals surface area contributed by atoms with Gasteiger partial charge in [-0.1, -0.05) is 19.9 Å². The molecule has 1 spiro atoms. The Balaban J connectivity index is 0.00000132. The van der Waals surface area contributed by atoms with Gasteiger partial charge in [0.25, 0.3) is 0 Å². The summed E-state index contributed by atoms with van der Waals surface area (Å²) in [6.07, 6.45) is 6.72. The van der Waals surface area contributed by atoms with Crippen LogP contribution in [0.25, 0.3) is 0 Å². The standard InChI is InChI=1S/C22H15NO5S.C2H6/c1-13-9-16(29-12-23)3-2-8-22(28-21(13)26)17-6-4-14(24)10-19(17)27-20-11-15(25)5-7-18(20)22;1-2/h2-11,24-25H,1H3;1-2H3/b8-2+,13-9+,16-3+;. The number of aromatic hydroxyl groups is 2. The van der Waals surface area contributed by atoms with Crippen LogP contribution in [-0.2, 0) is 15.1 Å². The average molecular weight is 436 g/mol. The maximum atomic E-state index is 12.9. The van der Waals surface area contributed by atoms with Gasteiger partial charge in [-0.25, -0.2) is 4.79 Å². The molecule has 0 atom stereocenters. The van der Waals surface area contributed by atoms with Gasteiger partial charge >= 0.3 is 5.97 Å². The van der Waals surface area contributed by atoms with E-state index in [2.05, 4.69) is 0 Å². The summed E-state index contributed by atoms with van der Waals surface area (Å²) in [7, 11) is 0. The van der Waals surface area contributed by atoms with Crippen molar-refractivity contribution in [3.63, 3.8) is 0 Å². The average Bonchev–Trinajstić information content (AvgIpc) is 2.79. The summed E-state index contributed by atoms with van der Waals surface area (Å²) in [5, 5.41) is 30.8. The number of rotatable bonds is 1. The van der Waals surface area contributed by atoms with Crippen molar-refractivity contribution in [1.29, 1.82) is 5.26 Å². The molecule has 0 saturated heterocycles. The Hall–Kier alpha value is -3.63. The minimum atomic E-state index is -1.35. The molecule has 0 saturated carbocycles. The van der Waals surface area contributed by atoms with Crippen molar-refractivity contribution >= 4 is 17.7 Å². The van der Waals surface area contributed by atoms with Gasteiger partial charge in [0.2, 0.25) is 0 Å². The summed E-state index contributed by atoms with van der Waals surface area (Å²) in [6.45, 7) is 5.61. The Labute approximate surface area is 184 Å². The van der Waals surface area contributed by atoms with Gasteiger partial charge in [-0.3, -0.25) is 0 Å². The van der Waals surface area contributed by atoms with Crippen LogP contribution < -0.4 is 4.74 Å². The Morgan fingerprint density at radius 1 is 1.03 bits per heavy atom. The van der Waals surface area contributed by atoms with E-state index in [1.807, 2.05) is 19.2 Å². The Morgan fingerprint density at radius 2 is 1.61 bits per heavy atom. The predicted molar refractivity (Wildman–Crippen MR) is 119 cm³/mol. The lowest BCUT2D eigenvalue weighted by atomic mass is 9.82. The fourth-order valence-electron chi connectivity index (χ4n) is 3.33. The third kappa shape index (κ3) is 4.16. The van der Waals surface area contributed by atoms with Crippen molar-refractivity contribution in [1.82, 2.24) is 0 Å². The van der Waals surface area contributed by atoms with E-state index < -0.39 is 11.6 Å². The number of carbonyl (C=O) groups excluding carboxylic acids is 1. The van der Waals surface area contributed by atoms with Crippen LogP contribution in [0.4, 0.5) is 0 Å². The second kappa shape index (κ2) is 9.02. The van der Waals surface area contributed by atoms with Crippen molar-refractivity contribution in [2.45, 2.75) is 26.4 Å². The number of phenols is 2. The number of thiocyanates is 1. The molecular formula is C24H21NO5S. The van der Waals surface area contributed by atoms with Crippen molar-refractivity contribution in [2.24, 2.45) is 0 Å². The summed E-state index contributed by atoms with van der Waals surface area (Å²) >= 11 is 0.941. The number of esters is 1. The predicted octanol–water partition coefficient (Wildman–Crippen LogP) is 5.63. The zero-order chi connectivity index (χ0) is 22.6. The first-order valence-electron chi connectivity index (χ1n) is 9.65. The number of nitrogens with zero attached hydrogens (tertiary/aromatic N) is 1. The highest BCUT2D eigenvalue weighted by atomic mass is 32.2. The number of phenolic OH excluding ortho intramolecular Hbond substituents is 2. The molecule has 2 aromatic carbocycles. The van der Waals surface area contributed by atoms with E-state index in [1.165, 1.54) is 24.3 Å². The second-order valence-electron chi connectivity index (χ2n) is 6.54. The van der Waals surface area contributed by atoms with Crippen molar-refractivity contribution in [3.8, 4) is 28.4 Å². The molecule has 0 unspecified atom stereocenters. The van der Waals surface area contributed by atoms with Crippen LogP contribution in [0.5, 0.6) is 23.0 Å². The highest BCUT2D eigenvalue weighted by Gasteiger charge is 2.44. The number of nitriles is 1. The first-order chi connectivity index (χ1) is 14.9. The van der Waals surface area contributed by atoms with Gasteiger partial charge in [-0.15, -0.1) is 0 Å². The highest BCUT2D eigenvalue weighted by Crippen LogP contribution is 2.51. The monoisotopic (exact) mass is 435 g/mol. The summed E-state index contributed by atoms with van der Waals surface area (Å²) in [6, 6.07) is 9.08. The van der Waals surface area contributed by atoms with Crippen LogP contribution in [0.15, 0.2) is 71.2 Å². The highest BCUT2D eigenvalue weighted by molar-refractivity contribution is 8.07. The van der Waals surface area contributed by atoms with Gasteiger partial charge in [-0.05, 0) is 61.2 Å². The Kier molecular flexibility index (Phi) is 6.42. The van der Waals surface area contributed by atoms with Crippen LogP contribution in [0.2, 0.25) is 0 Å². The number of allylic oxidation sites excluding steroid dienone is 3. The molecular weight excluding hydrogens is 414 g/mol. The molecule has 0 radical (unpaired) electrons. The third-order valence-corrected chi connectivity index (χ3v) is 5.22. The molecule has 4 rings (SSSR count). The van der Waals surface area contributed by atoms with Gasteiger partial charge in [0.05, 0.1) is 0 Å². The molecule has 2 aliphatic heterocycles. The maximum Gasteiger partial charge on any atom is 0.335 e. The first-order valence-corrected chi connectivity index (χ1v) is 10.5. The fourth-order valence-corrected chi connectivity index (χ4v) is 3.82. The Bertz CT molecular complexity index is 1110. The van der Waals surface area contributed by atoms with E-state index in [0.29, 0.717) is 33.1 Å². The molecule has 7 heteroatoms. The minimum Gasteiger partial charge on any atom is -0.508 e. The molecule has 31 heavy (non-hydrogen) atoms. The number of benzene rings is 2. The third-order valence-electron chi connectivity index (χ3n) is 4.64. The van der Waals surface area contributed by atoms with Gasteiger partial charge in [0.1, 0.15) is 28.4 Å². The SMILES string of the molecule is CC.C\C1=C/C(SC#N)=C\C=C\C2(OC1=O)c1ccc(O)cc1Oc1cc(O)ccc12. The smallest absolute Gasteiger partial charge is 0.335 e. The van der Waals surface area contributed by atoms with Crippen LogP contribution in [-0.4, -0.2) is 16.2 Å². The van der Waals surface area contributed by atoms with Crippen LogP contribution in [0.1, 0.15) is 31.9 Å². The zero-order valence-corrected chi connectivity index (χ0v) is 18.1. The molecule has 2 heterocycles. The summed E-state index contributed by atoms with van der Waals surface area (Å²) in [5.74, 6) is 0.0177. The van der Waals surface area contributed by atoms with Gasteiger partial charge in [0.15, 0.2) is 5.60 Å². The van der Waals surface area contributed by atoms with Crippen molar-refractivity contribution < 1.29 is 24.5 Å². The molecule has 0 amide bonds. The molecule has 0 aromatic heterocycles. The zero-order valence-electron chi connectivity index (χ0n) is 17.2. The van der Waals surface area contributed by atoms with E-state index in [1.54, 1.807) is 43.4 Å². The first kappa shape index (κ1) is 22.1. The number of carbonyl (C=O) groups is 1. The number of fused-ring (bicyclic) bond motifs is 4. The lowest BCUT2D eigenvalue weighted by Crippen LogP contribution is -2.35. The Morgan fingerprint density at radius 3 is 2.16 bits per heavy atom. The number of ether oxygens (including phenoxy) is 2. The normalized spacial score (nSPS) is 20.1. The molecule has 6 nitrogen and oxygen atoms in total. The van der Waals surface area contributed by atoms with E-state index in [9.17, 15) is 15.0 Å². The number of hydrogen-bond donors (Lipinski definition) is 2. The largest absolute Gasteiger partial charge is 0.508 e. The van der Waals surface area contributed by atoms with E-state index in [0.717, 1.165) is 11.8 Å². The number of hydrogen-bond acceptors (Lipinski definition) is 7. The maximum absolute atomic E-state index is 12.9.